The third-order valence-electron chi connectivity index (χ3n) is 3.15. The van der Waals surface area contributed by atoms with Gasteiger partial charge in [0.1, 0.15) is 5.82 Å². The fraction of sp³-hybridized carbons (Fsp3) is 0.357. The first-order chi connectivity index (χ1) is 9.40. The number of halogens is 1. The summed E-state index contributed by atoms with van der Waals surface area (Å²) in [5.41, 5.74) is 0.998. The molecular weight excluding hydrogens is 387 g/mol. The van der Waals surface area contributed by atoms with Gasteiger partial charge in [0, 0.05) is 28.1 Å². The summed E-state index contributed by atoms with van der Waals surface area (Å²) >= 11 is 2.25. The van der Waals surface area contributed by atoms with Gasteiger partial charge in [-0.05, 0) is 48.6 Å². The van der Waals surface area contributed by atoms with E-state index in [4.69, 9.17) is 0 Å². The number of rotatable bonds is 5. The summed E-state index contributed by atoms with van der Waals surface area (Å²) < 4.78 is 26.8. The number of nitrogens with zero attached hydrogens (tertiary/aromatic N) is 2. The van der Waals surface area contributed by atoms with Crippen molar-refractivity contribution in [2.45, 2.75) is 25.6 Å². The van der Waals surface area contributed by atoms with E-state index in [0.717, 1.165) is 15.0 Å². The summed E-state index contributed by atoms with van der Waals surface area (Å²) in [6.07, 6.45) is 3.53. The summed E-state index contributed by atoms with van der Waals surface area (Å²) in [6.45, 7) is 3.86. The van der Waals surface area contributed by atoms with E-state index in [1.54, 1.807) is 20.0 Å². The Labute approximate surface area is 133 Å². The normalized spacial score (nSPS) is 12.0. The number of imidazole rings is 1. The minimum atomic E-state index is -3.03. The molecule has 0 fully saturated rings. The molecule has 4 nitrogen and oxygen atoms in total. The minimum Gasteiger partial charge on any atom is -0.330 e. The van der Waals surface area contributed by atoms with Crippen molar-refractivity contribution in [3.05, 3.63) is 40.2 Å². The Morgan fingerprint density at radius 2 is 1.90 bits per heavy atom. The van der Waals surface area contributed by atoms with Crippen LogP contribution >= 0.6 is 22.6 Å². The summed E-state index contributed by atoms with van der Waals surface area (Å²) in [7, 11) is -3.03. The fourth-order valence-electron chi connectivity index (χ4n) is 1.81. The van der Waals surface area contributed by atoms with Crippen LogP contribution < -0.4 is 0 Å². The highest BCUT2D eigenvalue weighted by molar-refractivity contribution is 14.1. The molecule has 1 aromatic carbocycles. The Morgan fingerprint density at radius 3 is 2.50 bits per heavy atom. The summed E-state index contributed by atoms with van der Waals surface area (Å²) in [5, 5.41) is -0.340. The molecule has 1 heterocycles. The van der Waals surface area contributed by atoms with Gasteiger partial charge in [0.15, 0.2) is 9.84 Å². The average Bonchev–Trinajstić information content (AvgIpc) is 2.85. The monoisotopic (exact) mass is 404 g/mol. The van der Waals surface area contributed by atoms with Crippen LogP contribution in [0.2, 0.25) is 0 Å². The molecule has 0 unspecified atom stereocenters. The lowest BCUT2D eigenvalue weighted by molar-refractivity contribution is 0.580. The zero-order valence-electron chi connectivity index (χ0n) is 11.5. The van der Waals surface area contributed by atoms with Crippen molar-refractivity contribution in [3.63, 3.8) is 0 Å². The molecule has 0 bridgehead atoms. The quantitative estimate of drug-likeness (QED) is 0.721. The number of benzene rings is 1. The lowest BCUT2D eigenvalue weighted by Crippen LogP contribution is -2.21. The van der Waals surface area contributed by atoms with E-state index in [1.165, 1.54) is 0 Å². The Balaban J connectivity index is 2.19. The topological polar surface area (TPSA) is 52.0 Å². The van der Waals surface area contributed by atoms with Crippen LogP contribution in [0.1, 0.15) is 13.8 Å². The largest absolute Gasteiger partial charge is 0.330 e. The highest BCUT2D eigenvalue weighted by atomic mass is 127. The average molecular weight is 404 g/mol. The number of hydrogen-bond donors (Lipinski definition) is 0. The van der Waals surface area contributed by atoms with Crippen molar-refractivity contribution in [3.8, 4) is 11.4 Å². The Morgan fingerprint density at radius 1 is 1.25 bits per heavy atom. The molecule has 0 aliphatic carbocycles. The van der Waals surface area contributed by atoms with E-state index in [2.05, 4.69) is 27.6 Å². The molecule has 0 aliphatic rings. The third-order valence-corrected chi connectivity index (χ3v) is 6.06. The van der Waals surface area contributed by atoms with Gasteiger partial charge in [-0.3, -0.25) is 0 Å². The summed E-state index contributed by atoms with van der Waals surface area (Å²) in [6, 6.07) is 8.02. The maximum Gasteiger partial charge on any atom is 0.154 e. The predicted octanol–water partition coefficient (Wildman–Crippen LogP) is 2.98. The van der Waals surface area contributed by atoms with Crippen molar-refractivity contribution in [2.75, 3.05) is 5.75 Å². The van der Waals surface area contributed by atoms with Crippen LogP contribution in [0.4, 0.5) is 0 Å². The molecule has 0 spiro atoms. The molecule has 0 saturated carbocycles. The third kappa shape index (κ3) is 3.60. The van der Waals surface area contributed by atoms with E-state index in [9.17, 15) is 8.42 Å². The standard InChI is InChI=1S/C14H17IN2O2S/c1-11(2)20(18,19)10-9-17-8-7-16-14(17)12-3-5-13(15)6-4-12/h3-8,11H,9-10H2,1-2H3. The molecule has 6 heteroatoms. The van der Waals surface area contributed by atoms with Gasteiger partial charge in [0.05, 0.1) is 11.0 Å². The van der Waals surface area contributed by atoms with E-state index in [-0.39, 0.29) is 11.0 Å². The second-order valence-corrected chi connectivity index (χ2v) is 8.79. The van der Waals surface area contributed by atoms with Crippen LogP contribution in [0.5, 0.6) is 0 Å². The van der Waals surface area contributed by atoms with Crippen molar-refractivity contribution >= 4 is 32.4 Å². The van der Waals surface area contributed by atoms with E-state index in [1.807, 2.05) is 35.0 Å². The van der Waals surface area contributed by atoms with Crippen LogP contribution in [-0.2, 0) is 16.4 Å². The van der Waals surface area contributed by atoms with Gasteiger partial charge in [-0.1, -0.05) is 12.1 Å². The van der Waals surface area contributed by atoms with E-state index < -0.39 is 9.84 Å². The number of sulfone groups is 1. The molecule has 1 aromatic heterocycles. The smallest absolute Gasteiger partial charge is 0.154 e. The first kappa shape index (κ1) is 15.5. The maximum absolute atomic E-state index is 11.9. The zero-order chi connectivity index (χ0) is 14.8. The van der Waals surface area contributed by atoms with Crippen LogP contribution in [0.15, 0.2) is 36.7 Å². The molecular formula is C14H17IN2O2S. The van der Waals surface area contributed by atoms with Crippen LogP contribution in [0.25, 0.3) is 11.4 Å². The molecule has 0 atom stereocenters. The Kier molecular flexibility index (Phi) is 4.85. The molecule has 2 aromatic rings. The first-order valence-electron chi connectivity index (χ1n) is 6.39. The highest BCUT2D eigenvalue weighted by Gasteiger charge is 2.16. The maximum atomic E-state index is 11.9. The van der Waals surface area contributed by atoms with Gasteiger partial charge in [-0.15, -0.1) is 0 Å². The van der Waals surface area contributed by atoms with Gasteiger partial charge in [-0.25, -0.2) is 13.4 Å². The van der Waals surface area contributed by atoms with Crippen molar-refractivity contribution in [1.29, 1.82) is 0 Å². The molecule has 108 valence electrons. The van der Waals surface area contributed by atoms with Crippen LogP contribution in [0.3, 0.4) is 0 Å². The number of aryl methyl sites for hydroxylation is 1. The van der Waals surface area contributed by atoms with Gasteiger partial charge in [-0.2, -0.15) is 0 Å². The van der Waals surface area contributed by atoms with Crippen molar-refractivity contribution in [1.82, 2.24) is 9.55 Å². The second kappa shape index (κ2) is 6.26. The lowest BCUT2D eigenvalue weighted by atomic mass is 10.2. The molecule has 0 radical (unpaired) electrons. The molecule has 20 heavy (non-hydrogen) atoms. The minimum absolute atomic E-state index is 0.137. The molecule has 2 rings (SSSR count). The SMILES string of the molecule is CC(C)S(=O)(=O)CCn1ccnc1-c1ccc(I)cc1. The van der Waals surface area contributed by atoms with Crippen LogP contribution in [-0.4, -0.2) is 29.0 Å². The van der Waals surface area contributed by atoms with Crippen molar-refractivity contribution in [2.24, 2.45) is 0 Å². The number of aromatic nitrogens is 2. The highest BCUT2D eigenvalue weighted by Crippen LogP contribution is 2.19. The van der Waals surface area contributed by atoms with Crippen LogP contribution in [0, 0.1) is 3.57 Å². The molecule has 0 amide bonds. The second-order valence-electron chi connectivity index (χ2n) is 4.87. The zero-order valence-corrected chi connectivity index (χ0v) is 14.4. The summed E-state index contributed by atoms with van der Waals surface area (Å²) in [4.78, 5) is 4.33. The van der Waals surface area contributed by atoms with Gasteiger partial charge in [0.25, 0.3) is 0 Å². The fourth-order valence-corrected chi connectivity index (χ4v) is 3.09. The van der Waals surface area contributed by atoms with Gasteiger partial charge in [0.2, 0.25) is 0 Å². The van der Waals surface area contributed by atoms with Gasteiger partial charge < -0.3 is 4.57 Å². The van der Waals surface area contributed by atoms with E-state index >= 15 is 0 Å². The molecule has 0 N–H and O–H groups in total. The predicted molar refractivity (Wildman–Crippen MR) is 89.3 cm³/mol. The van der Waals surface area contributed by atoms with E-state index in [0.29, 0.717) is 6.54 Å². The van der Waals surface area contributed by atoms with Gasteiger partial charge >= 0.3 is 0 Å². The lowest BCUT2D eigenvalue weighted by Gasteiger charge is -2.10. The van der Waals surface area contributed by atoms with Crippen molar-refractivity contribution < 1.29 is 8.42 Å². The Hall–Kier alpha value is -0.890. The molecule has 0 saturated heterocycles. The first-order valence-corrected chi connectivity index (χ1v) is 9.18. The Bertz CT molecular complexity index is 675. The number of hydrogen-bond acceptors (Lipinski definition) is 3. The molecule has 0 aliphatic heterocycles. The summed E-state index contributed by atoms with van der Waals surface area (Å²) in [5.74, 6) is 0.943.